The average molecular weight is 192 g/mol. The van der Waals surface area contributed by atoms with Crippen molar-refractivity contribution in [2.45, 2.75) is 13.8 Å². The van der Waals surface area contributed by atoms with Crippen molar-refractivity contribution in [3.05, 3.63) is 36.5 Å². The third-order valence-electron chi connectivity index (χ3n) is 1.12. The zero-order valence-electron chi connectivity index (χ0n) is 8.96. The standard InChI is InChI=1S/C10H10O2.C2H6/c1-5-8(2)6-7-9(3)10(11)12-4;1-2/h1,6-7H,2-3H2,4H3;1-2H3/b7-6-;. The summed E-state index contributed by atoms with van der Waals surface area (Å²) in [6, 6.07) is 0. The summed E-state index contributed by atoms with van der Waals surface area (Å²) in [5.41, 5.74) is 0.731. The number of esters is 1. The highest BCUT2D eigenvalue weighted by molar-refractivity contribution is 5.90. The van der Waals surface area contributed by atoms with Gasteiger partial charge in [0.2, 0.25) is 0 Å². The fourth-order valence-electron chi connectivity index (χ4n) is 0.448. The molecule has 0 bridgehead atoms. The van der Waals surface area contributed by atoms with Gasteiger partial charge in [-0.05, 0) is 12.2 Å². The van der Waals surface area contributed by atoms with E-state index in [0.29, 0.717) is 5.57 Å². The van der Waals surface area contributed by atoms with Crippen molar-refractivity contribution in [2.24, 2.45) is 0 Å². The highest BCUT2D eigenvalue weighted by atomic mass is 16.5. The number of ether oxygens (including phenoxy) is 1. The number of carbonyl (C=O) groups excluding carboxylic acids is 1. The van der Waals surface area contributed by atoms with E-state index in [2.05, 4.69) is 23.8 Å². The Balaban J connectivity index is 0. The van der Waals surface area contributed by atoms with Crippen LogP contribution >= 0.6 is 0 Å². The van der Waals surface area contributed by atoms with Crippen molar-refractivity contribution in [1.82, 2.24) is 0 Å². The first-order valence-electron chi connectivity index (χ1n) is 4.22. The molecule has 0 fully saturated rings. The van der Waals surface area contributed by atoms with E-state index in [-0.39, 0.29) is 5.57 Å². The zero-order chi connectivity index (χ0) is 11.6. The highest BCUT2D eigenvalue weighted by Gasteiger charge is 2.00. The van der Waals surface area contributed by atoms with Gasteiger partial charge in [-0.25, -0.2) is 4.79 Å². The van der Waals surface area contributed by atoms with Crippen LogP contribution in [0.5, 0.6) is 0 Å². The molecule has 0 rings (SSSR count). The van der Waals surface area contributed by atoms with Gasteiger partial charge in [-0.1, -0.05) is 32.9 Å². The fourth-order valence-corrected chi connectivity index (χ4v) is 0.448. The lowest BCUT2D eigenvalue weighted by molar-refractivity contribution is -0.135. The molecular weight excluding hydrogens is 176 g/mol. The van der Waals surface area contributed by atoms with Crippen molar-refractivity contribution in [3.63, 3.8) is 0 Å². The summed E-state index contributed by atoms with van der Waals surface area (Å²) in [6.07, 6.45) is 8.01. The summed E-state index contributed by atoms with van der Waals surface area (Å²) in [5.74, 6) is 1.83. The molecule has 0 aromatic heterocycles. The molecule has 0 saturated heterocycles. The normalized spacial score (nSPS) is 8.14. The van der Waals surface area contributed by atoms with Gasteiger partial charge in [-0.3, -0.25) is 0 Å². The summed E-state index contributed by atoms with van der Waals surface area (Å²) in [5, 5.41) is 0. The molecule has 0 aliphatic rings. The van der Waals surface area contributed by atoms with E-state index in [4.69, 9.17) is 6.42 Å². The summed E-state index contributed by atoms with van der Waals surface area (Å²) in [6.45, 7) is 11.0. The van der Waals surface area contributed by atoms with Crippen molar-refractivity contribution in [3.8, 4) is 12.3 Å². The van der Waals surface area contributed by atoms with E-state index in [1.54, 1.807) is 0 Å². The fraction of sp³-hybridized carbons (Fsp3) is 0.250. The molecule has 0 heterocycles. The third-order valence-corrected chi connectivity index (χ3v) is 1.12. The summed E-state index contributed by atoms with van der Waals surface area (Å²) < 4.78 is 4.41. The molecule has 2 nitrogen and oxygen atoms in total. The van der Waals surface area contributed by atoms with Gasteiger partial charge < -0.3 is 4.74 Å². The molecule has 14 heavy (non-hydrogen) atoms. The number of rotatable bonds is 3. The van der Waals surface area contributed by atoms with E-state index < -0.39 is 5.97 Å². The van der Waals surface area contributed by atoms with Crippen molar-refractivity contribution in [2.75, 3.05) is 7.11 Å². The van der Waals surface area contributed by atoms with E-state index >= 15 is 0 Å². The van der Waals surface area contributed by atoms with E-state index in [1.807, 2.05) is 13.8 Å². The topological polar surface area (TPSA) is 26.3 Å². The van der Waals surface area contributed by atoms with Crippen molar-refractivity contribution in [1.29, 1.82) is 0 Å². The van der Waals surface area contributed by atoms with Crippen LogP contribution in [0.25, 0.3) is 0 Å². The Kier molecular flexibility index (Phi) is 9.84. The number of carbonyl (C=O) groups is 1. The maximum atomic E-state index is 10.8. The number of hydrogen-bond acceptors (Lipinski definition) is 2. The molecule has 0 aromatic carbocycles. The van der Waals surface area contributed by atoms with E-state index in [0.717, 1.165) is 0 Å². The second-order valence-corrected chi connectivity index (χ2v) is 2.02. The molecule has 0 amide bonds. The molecule has 0 N–H and O–H groups in total. The number of hydrogen-bond donors (Lipinski definition) is 0. The smallest absolute Gasteiger partial charge is 0.337 e. The monoisotopic (exact) mass is 192 g/mol. The van der Waals surface area contributed by atoms with Crippen LogP contribution in [0.1, 0.15) is 13.8 Å². The van der Waals surface area contributed by atoms with Crippen LogP contribution in [0.4, 0.5) is 0 Å². The van der Waals surface area contributed by atoms with Crippen LogP contribution in [0, 0.1) is 12.3 Å². The first-order valence-corrected chi connectivity index (χ1v) is 4.22. The predicted molar refractivity (Wildman–Crippen MR) is 59.6 cm³/mol. The van der Waals surface area contributed by atoms with E-state index in [9.17, 15) is 4.79 Å². The number of methoxy groups -OCH3 is 1. The van der Waals surface area contributed by atoms with Crippen LogP contribution in [0.3, 0.4) is 0 Å². The van der Waals surface area contributed by atoms with Crippen LogP contribution < -0.4 is 0 Å². The SMILES string of the molecule is C#CC(=C)/C=C\C(=C)C(=O)OC.CC. The minimum absolute atomic E-state index is 0.244. The van der Waals surface area contributed by atoms with Gasteiger partial charge in [0.25, 0.3) is 0 Å². The van der Waals surface area contributed by atoms with Gasteiger partial charge in [0.1, 0.15) is 0 Å². The summed E-state index contributed by atoms with van der Waals surface area (Å²) in [7, 11) is 1.29. The van der Waals surface area contributed by atoms with Gasteiger partial charge >= 0.3 is 5.97 Å². The van der Waals surface area contributed by atoms with Crippen LogP contribution in [0.2, 0.25) is 0 Å². The molecule has 0 atom stereocenters. The highest BCUT2D eigenvalue weighted by Crippen LogP contribution is 1.98. The van der Waals surface area contributed by atoms with Crippen LogP contribution in [-0.2, 0) is 9.53 Å². The van der Waals surface area contributed by atoms with Gasteiger partial charge in [0, 0.05) is 5.57 Å². The summed E-state index contributed by atoms with van der Waals surface area (Å²) in [4.78, 5) is 10.8. The van der Waals surface area contributed by atoms with Gasteiger partial charge in [-0.15, -0.1) is 6.42 Å². The lowest BCUT2D eigenvalue weighted by Gasteiger charge is -1.95. The van der Waals surface area contributed by atoms with E-state index in [1.165, 1.54) is 19.3 Å². The van der Waals surface area contributed by atoms with Crippen LogP contribution in [0.15, 0.2) is 36.5 Å². The lowest BCUT2D eigenvalue weighted by atomic mass is 10.2. The summed E-state index contributed by atoms with van der Waals surface area (Å²) >= 11 is 0. The lowest BCUT2D eigenvalue weighted by Crippen LogP contribution is -2.00. The molecule has 0 unspecified atom stereocenters. The van der Waals surface area contributed by atoms with Crippen molar-refractivity contribution >= 4 is 5.97 Å². The molecule has 76 valence electrons. The molecule has 0 spiro atoms. The quantitative estimate of drug-likeness (QED) is 0.297. The Hall–Kier alpha value is -1.75. The maximum absolute atomic E-state index is 10.8. The third kappa shape index (κ3) is 6.93. The second kappa shape index (κ2) is 9.34. The minimum atomic E-state index is -0.476. The molecular formula is C12H16O2. The van der Waals surface area contributed by atoms with Gasteiger partial charge in [0.05, 0.1) is 12.7 Å². The molecule has 0 saturated carbocycles. The largest absolute Gasteiger partial charge is 0.465 e. The second-order valence-electron chi connectivity index (χ2n) is 2.02. The Morgan fingerprint density at radius 2 is 1.86 bits per heavy atom. The Morgan fingerprint density at radius 1 is 1.36 bits per heavy atom. The molecule has 0 radical (unpaired) electrons. The maximum Gasteiger partial charge on any atom is 0.337 e. The average Bonchev–Trinajstić information content (AvgIpc) is 2.26. The van der Waals surface area contributed by atoms with Crippen molar-refractivity contribution < 1.29 is 9.53 Å². The Labute approximate surface area is 86.0 Å². The van der Waals surface area contributed by atoms with Gasteiger partial charge in [-0.2, -0.15) is 0 Å². The molecule has 0 aliphatic heterocycles. The Bertz CT molecular complexity index is 277. The predicted octanol–water partition coefficient (Wildman–Crippen LogP) is 2.49. The van der Waals surface area contributed by atoms with Gasteiger partial charge in [0.15, 0.2) is 0 Å². The first-order chi connectivity index (χ1) is 6.61. The number of allylic oxidation sites excluding steroid dienone is 2. The molecule has 0 aliphatic carbocycles. The minimum Gasteiger partial charge on any atom is -0.465 e. The Morgan fingerprint density at radius 3 is 2.21 bits per heavy atom. The zero-order valence-corrected chi connectivity index (χ0v) is 8.96. The number of terminal acetylenes is 1. The molecule has 0 aromatic rings. The molecule has 2 heteroatoms. The van der Waals surface area contributed by atoms with Crippen LogP contribution in [-0.4, -0.2) is 13.1 Å². The first kappa shape index (κ1) is 14.8.